The monoisotopic (exact) mass is 272 g/mol. The molecule has 1 saturated heterocycles. The third kappa shape index (κ3) is 2.12. The maximum atomic E-state index is 5.99. The number of aromatic nitrogens is 4. The first-order valence-corrected chi connectivity index (χ1v) is 6.57. The summed E-state index contributed by atoms with van der Waals surface area (Å²) in [5.74, 6) is 0.662. The lowest BCUT2D eigenvalue weighted by atomic mass is 9.82. The average Bonchev–Trinajstić information content (AvgIpc) is 2.94. The summed E-state index contributed by atoms with van der Waals surface area (Å²) in [5, 5.41) is 12.1. The highest BCUT2D eigenvalue weighted by molar-refractivity contribution is 6.62. The Morgan fingerprint density at radius 2 is 1.85 bits per heavy atom. The van der Waals surface area contributed by atoms with E-state index in [9.17, 15) is 0 Å². The number of hydrogen-bond acceptors (Lipinski definition) is 5. The molecular weight excluding hydrogens is 255 g/mol. The zero-order valence-electron chi connectivity index (χ0n) is 12.1. The Kier molecular flexibility index (Phi) is 2.91. The van der Waals surface area contributed by atoms with Gasteiger partial charge in [0.2, 0.25) is 0 Å². The van der Waals surface area contributed by atoms with E-state index >= 15 is 0 Å². The molecule has 0 amide bonds. The van der Waals surface area contributed by atoms with Gasteiger partial charge in [-0.1, -0.05) is 0 Å². The van der Waals surface area contributed by atoms with Crippen LogP contribution in [0.5, 0.6) is 0 Å². The van der Waals surface area contributed by atoms with E-state index in [2.05, 4.69) is 15.3 Å². The van der Waals surface area contributed by atoms with Gasteiger partial charge in [0.15, 0.2) is 5.82 Å². The van der Waals surface area contributed by atoms with Crippen LogP contribution in [0, 0.1) is 0 Å². The Morgan fingerprint density at radius 3 is 2.45 bits per heavy atom. The largest absolute Gasteiger partial charge is 0.498 e. The van der Waals surface area contributed by atoms with Gasteiger partial charge >= 0.3 is 7.12 Å². The lowest BCUT2D eigenvalue weighted by Gasteiger charge is -2.32. The van der Waals surface area contributed by atoms with Crippen LogP contribution in [-0.2, 0) is 9.31 Å². The molecule has 0 unspecified atom stereocenters. The molecule has 3 heterocycles. The van der Waals surface area contributed by atoms with Crippen molar-refractivity contribution in [2.75, 3.05) is 0 Å². The maximum absolute atomic E-state index is 5.99. The molecule has 0 bridgehead atoms. The molecule has 20 heavy (non-hydrogen) atoms. The highest BCUT2D eigenvalue weighted by atomic mass is 16.7. The van der Waals surface area contributed by atoms with Gasteiger partial charge in [-0.25, -0.2) is 4.68 Å². The lowest BCUT2D eigenvalue weighted by Crippen LogP contribution is -2.41. The van der Waals surface area contributed by atoms with E-state index in [0.717, 1.165) is 5.46 Å². The first-order chi connectivity index (χ1) is 9.39. The van der Waals surface area contributed by atoms with Crippen molar-refractivity contribution in [2.45, 2.75) is 38.9 Å². The molecule has 0 saturated carbocycles. The first kappa shape index (κ1) is 13.3. The van der Waals surface area contributed by atoms with E-state index in [0.29, 0.717) is 5.82 Å². The van der Waals surface area contributed by atoms with Crippen LogP contribution in [0.1, 0.15) is 27.7 Å². The predicted octanol–water partition coefficient (Wildman–Crippen LogP) is 0.961. The summed E-state index contributed by atoms with van der Waals surface area (Å²) < 4.78 is 13.6. The van der Waals surface area contributed by atoms with Crippen LogP contribution < -0.4 is 5.46 Å². The second kappa shape index (κ2) is 4.39. The van der Waals surface area contributed by atoms with Crippen molar-refractivity contribution in [2.24, 2.45) is 0 Å². The third-order valence-electron chi connectivity index (χ3n) is 3.92. The lowest BCUT2D eigenvalue weighted by molar-refractivity contribution is 0.00578. The van der Waals surface area contributed by atoms with Gasteiger partial charge in [-0.15, -0.1) is 5.10 Å². The van der Waals surface area contributed by atoms with E-state index in [1.165, 1.54) is 0 Å². The van der Waals surface area contributed by atoms with Crippen molar-refractivity contribution < 1.29 is 9.31 Å². The quantitative estimate of drug-likeness (QED) is 0.762. The molecule has 104 valence electrons. The number of rotatable bonds is 2. The van der Waals surface area contributed by atoms with Gasteiger partial charge in [0.05, 0.1) is 11.2 Å². The van der Waals surface area contributed by atoms with Crippen molar-refractivity contribution in [3.05, 3.63) is 30.7 Å². The van der Waals surface area contributed by atoms with Crippen LogP contribution in [0.4, 0.5) is 0 Å². The van der Waals surface area contributed by atoms with Gasteiger partial charge in [0.25, 0.3) is 0 Å². The van der Waals surface area contributed by atoms with E-state index in [4.69, 9.17) is 9.31 Å². The van der Waals surface area contributed by atoms with Crippen molar-refractivity contribution in [3.8, 4) is 5.82 Å². The molecule has 0 N–H and O–H groups in total. The van der Waals surface area contributed by atoms with E-state index < -0.39 is 7.12 Å². The van der Waals surface area contributed by atoms with E-state index in [1.54, 1.807) is 17.1 Å². The zero-order chi connectivity index (χ0) is 14.4. The third-order valence-corrected chi connectivity index (χ3v) is 3.92. The molecule has 0 radical (unpaired) electrons. The molecule has 1 fully saturated rings. The second-order valence-electron chi connectivity index (χ2n) is 5.89. The summed E-state index contributed by atoms with van der Waals surface area (Å²) in [5.41, 5.74) is 0.160. The van der Waals surface area contributed by atoms with Gasteiger partial charge in [-0.2, -0.15) is 10.2 Å². The molecule has 2 aromatic rings. The fourth-order valence-corrected chi connectivity index (χ4v) is 1.98. The highest BCUT2D eigenvalue weighted by Crippen LogP contribution is 2.36. The van der Waals surface area contributed by atoms with Crippen LogP contribution in [0.25, 0.3) is 5.82 Å². The van der Waals surface area contributed by atoms with Crippen LogP contribution in [0.2, 0.25) is 0 Å². The van der Waals surface area contributed by atoms with Crippen LogP contribution >= 0.6 is 0 Å². The van der Waals surface area contributed by atoms with Crippen molar-refractivity contribution in [1.82, 2.24) is 20.0 Å². The summed E-state index contributed by atoms with van der Waals surface area (Å²) in [6.45, 7) is 8.11. The van der Waals surface area contributed by atoms with Crippen LogP contribution in [-0.4, -0.2) is 38.3 Å². The fraction of sp³-hybridized carbons (Fsp3) is 0.462. The molecule has 0 aliphatic carbocycles. The molecule has 6 nitrogen and oxygen atoms in total. The molecule has 1 aliphatic heterocycles. The van der Waals surface area contributed by atoms with E-state index in [1.807, 2.05) is 46.0 Å². The van der Waals surface area contributed by atoms with Crippen molar-refractivity contribution in [3.63, 3.8) is 0 Å². The van der Waals surface area contributed by atoms with Gasteiger partial charge in [-0.05, 0) is 39.8 Å². The summed E-state index contributed by atoms with van der Waals surface area (Å²) in [6.07, 6.45) is 5.21. The van der Waals surface area contributed by atoms with Gasteiger partial charge in [0.1, 0.15) is 0 Å². The van der Waals surface area contributed by atoms with Gasteiger partial charge in [-0.3, -0.25) is 0 Å². The summed E-state index contributed by atoms with van der Waals surface area (Å²) in [7, 11) is -0.412. The summed E-state index contributed by atoms with van der Waals surface area (Å²) in [6, 6.07) is 3.66. The molecule has 2 aromatic heterocycles. The van der Waals surface area contributed by atoms with E-state index in [-0.39, 0.29) is 11.2 Å². The Hall–Kier alpha value is -1.73. The Balaban J connectivity index is 1.86. The average molecular weight is 272 g/mol. The maximum Gasteiger partial charge on any atom is 0.498 e. The Morgan fingerprint density at radius 1 is 1.15 bits per heavy atom. The van der Waals surface area contributed by atoms with Gasteiger partial charge < -0.3 is 9.31 Å². The molecule has 0 aromatic carbocycles. The van der Waals surface area contributed by atoms with Crippen LogP contribution in [0.3, 0.4) is 0 Å². The Labute approximate surface area is 118 Å². The minimum Gasteiger partial charge on any atom is -0.399 e. The number of hydrogen-bond donors (Lipinski definition) is 0. The minimum atomic E-state index is -0.412. The number of nitrogens with zero attached hydrogens (tertiary/aromatic N) is 4. The topological polar surface area (TPSA) is 62.1 Å². The summed E-state index contributed by atoms with van der Waals surface area (Å²) in [4.78, 5) is 0. The molecule has 1 aliphatic rings. The van der Waals surface area contributed by atoms with Crippen molar-refractivity contribution in [1.29, 1.82) is 0 Å². The zero-order valence-corrected chi connectivity index (χ0v) is 12.1. The van der Waals surface area contributed by atoms with Gasteiger partial charge in [0, 0.05) is 24.1 Å². The molecule has 7 heteroatoms. The molecule has 0 spiro atoms. The first-order valence-electron chi connectivity index (χ1n) is 6.57. The highest BCUT2D eigenvalue weighted by Gasteiger charge is 2.52. The predicted molar refractivity (Wildman–Crippen MR) is 74.9 cm³/mol. The fourth-order valence-electron chi connectivity index (χ4n) is 1.98. The Bertz CT molecular complexity index is 596. The molecular formula is C13H17BN4O2. The minimum absolute atomic E-state index is 0.355. The second-order valence-corrected chi connectivity index (χ2v) is 5.89. The smallest absolute Gasteiger partial charge is 0.399 e. The SMILES string of the molecule is CC1(C)OB(c2cnn(-c3cccnn3)c2)OC1(C)C. The molecule has 3 rings (SSSR count). The van der Waals surface area contributed by atoms with Crippen LogP contribution in [0.15, 0.2) is 30.7 Å². The van der Waals surface area contributed by atoms with Crippen molar-refractivity contribution >= 4 is 12.6 Å². The standard InChI is InChI=1S/C13H17BN4O2/c1-12(2)13(3,4)20-14(19-12)10-8-16-18(9-10)11-6-5-7-15-17-11/h5-9H,1-4H3. The molecule has 0 atom stereocenters. The summed E-state index contributed by atoms with van der Waals surface area (Å²) >= 11 is 0. The normalized spacial score (nSPS) is 20.3.